The molecule has 0 saturated heterocycles. The zero-order chi connectivity index (χ0) is 19.9. The molecule has 0 heterocycles. The number of hydrogen-bond acceptors (Lipinski definition) is 4. The van der Waals surface area contributed by atoms with Crippen LogP contribution in [0.5, 0.6) is 5.75 Å². The quantitative estimate of drug-likeness (QED) is 0.688. The summed E-state index contributed by atoms with van der Waals surface area (Å²) < 4.78 is 5.10. The minimum atomic E-state index is -0.549. The van der Waals surface area contributed by atoms with Crippen molar-refractivity contribution < 1.29 is 19.1 Å². The van der Waals surface area contributed by atoms with Crippen molar-refractivity contribution in [3.63, 3.8) is 0 Å². The second-order valence-electron chi connectivity index (χ2n) is 6.96. The first-order valence-corrected chi connectivity index (χ1v) is 9.40. The molecule has 0 unspecified atom stereocenters. The molecule has 1 saturated carbocycles. The first-order chi connectivity index (χ1) is 13.5. The normalized spacial score (nSPS) is 12.9. The van der Waals surface area contributed by atoms with Crippen LogP contribution in [0, 0.1) is 5.92 Å². The molecule has 2 aromatic carbocycles. The van der Waals surface area contributed by atoms with Gasteiger partial charge in [0, 0.05) is 24.1 Å². The van der Waals surface area contributed by atoms with Crippen LogP contribution in [0.25, 0.3) is 0 Å². The third-order valence-corrected chi connectivity index (χ3v) is 4.73. The Bertz CT molecular complexity index is 840. The van der Waals surface area contributed by atoms with Gasteiger partial charge in [-0.25, -0.2) is 4.79 Å². The fourth-order valence-corrected chi connectivity index (χ4v) is 2.84. The topological polar surface area (TPSA) is 84.5 Å². The number of imide groups is 1. The van der Waals surface area contributed by atoms with Gasteiger partial charge in [-0.05, 0) is 55.0 Å². The molecule has 6 nitrogen and oxygen atoms in total. The largest absolute Gasteiger partial charge is 0.497 e. The Morgan fingerprint density at radius 3 is 2.21 bits per heavy atom. The first-order valence-electron chi connectivity index (χ1n) is 9.40. The number of amides is 3. The third-order valence-electron chi connectivity index (χ3n) is 4.73. The molecule has 0 aromatic heterocycles. The standard InChI is InChI=1S/C22H24N2O4/c1-28-19-10-4-15(5-11-19)12-13-23-22(27)24-21(26)18-8-6-17(7-9-18)20(25)14-16-2-3-16/h4-11,16H,2-3,12-14H2,1H3,(H2,23,24,26,27). The Morgan fingerprint density at radius 2 is 1.61 bits per heavy atom. The summed E-state index contributed by atoms with van der Waals surface area (Å²) in [4.78, 5) is 36.1. The number of ketones is 1. The lowest BCUT2D eigenvalue weighted by atomic mass is 10.0. The summed E-state index contributed by atoms with van der Waals surface area (Å²) in [5, 5.41) is 4.96. The van der Waals surface area contributed by atoms with Crippen molar-refractivity contribution in [2.75, 3.05) is 13.7 Å². The van der Waals surface area contributed by atoms with E-state index in [1.165, 1.54) is 0 Å². The Balaban J connectivity index is 1.42. The highest BCUT2D eigenvalue weighted by Gasteiger charge is 2.24. The van der Waals surface area contributed by atoms with E-state index in [0.717, 1.165) is 24.2 Å². The molecule has 1 aliphatic carbocycles. The second kappa shape index (κ2) is 9.17. The molecule has 0 radical (unpaired) electrons. The average molecular weight is 380 g/mol. The van der Waals surface area contributed by atoms with Gasteiger partial charge in [-0.2, -0.15) is 0 Å². The third kappa shape index (κ3) is 5.67. The lowest BCUT2D eigenvalue weighted by molar-refractivity contribution is 0.0956. The molecule has 2 N–H and O–H groups in total. The van der Waals surface area contributed by atoms with Gasteiger partial charge < -0.3 is 10.1 Å². The molecule has 6 heteroatoms. The number of hydrogen-bond donors (Lipinski definition) is 2. The van der Waals surface area contributed by atoms with E-state index < -0.39 is 11.9 Å². The van der Waals surface area contributed by atoms with Crippen LogP contribution in [0.3, 0.4) is 0 Å². The highest BCUT2D eigenvalue weighted by molar-refractivity contribution is 6.05. The van der Waals surface area contributed by atoms with Gasteiger partial charge in [-0.3, -0.25) is 14.9 Å². The van der Waals surface area contributed by atoms with Gasteiger partial charge in [0.1, 0.15) is 5.75 Å². The summed E-state index contributed by atoms with van der Waals surface area (Å²) in [5.41, 5.74) is 2.00. The number of carbonyl (C=O) groups excluding carboxylic acids is 3. The van der Waals surface area contributed by atoms with Crippen LogP contribution in [0.2, 0.25) is 0 Å². The minimum Gasteiger partial charge on any atom is -0.497 e. The molecule has 146 valence electrons. The van der Waals surface area contributed by atoms with Crippen molar-refractivity contribution in [1.29, 1.82) is 0 Å². The number of methoxy groups -OCH3 is 1. The van der Waals surface area contributed by atoms with Gasteiger partial charge in [-0.1, -0.05) is 24.3 Å². The van der Waals surface area contributed by atoms with Crippen LogP contribution >= 0.6 is 0 Å². The number of rotatable bonds is 8. The summed E-state index contributed by atoms with van der Waals surface area (Å²) in [6.45, 7) is 0.403. The molecule has 1 fully saturated rings. The molecule has 0 bridgehead atoms. The summed E-state index contributed by atoms with van der Waals surface area (Å²) in [6.07, 6.45) is 3.46. The van der Waals surface area contributed by atoms with Crippen molar-refractivity contribution in [3.8, 4) is 5.75 Å². The maximum Gasteiger partial charge on any atom is 0.321 e. The Hall–Kier alpha value is -3.15. The fourth-order valence-electron chi connectivity index (χ4n) is 2.84. The van der Waals surface area contributed by atoms with E-state index in [0.29, 0.717) is 36.4 Å². The molecule has 0 spiro atoms. The highest BCUT2D eigenvalue weighted by atomic mass is 16.5. The number of carbonyl (C=O) groups is 3. The summed E-state index contributed by atoms with van der Waals surface area (Å²) in [6, 6.07) is 13.4. The lowest BCUT2D eigenvalue weighted by Gasteiger charge is -2.08. The van der Waals surface area contributed by atoms with Crippen LogP contribution in [0.1, 0.15) is 45.5 Å². The van der Waals surface area contributed by atoms with Gasteiger partial charge in [0.25, 0.3) is 5.91 Å². The van der Waals surface area contributed by atoms with Crippen molar-refractivity contribution in [3.05, 3.63) is 65.2 Å². The Kier molecular flexibility index (Phi) is 6.42. The van der Waals surface area contributed by atoms with Crippen LogP contribution in [0.4, 0.5) is 4.79 Å². The molecule has 2 aromatic rings. The summed E-state index contributed by atoms with van der Waals surface area (Å²) in [7, 11) is 1.61. The van der Waals surface area contributed by atoms with E-state index in [9.17, 15) is 14.4 Å². The Morgan fingerprint density at radius 1 is 0.964 bits per heavy atom. The SMILES string of the molecule is COc1ccc(CCNC(=O)NC(=O)c2ccc(C(=O)CC3CC3)cc2)cc1. The lowest BCUT2D eigenvalue weighted by Crippen LogP contribution is -2.40. The zero-order valence-electron chi connectivity index (χ0n) is 15.9. The van der Waals surface area contributed by atoms with E-state index in [1.807, 2.05) is 24.3 Å². The van der Waals surface area contributed by atoms with Crippen LogP contribution in [0.15, 0.2) is 48.5 Å². The maximum absolute atomic E-state index is 12.2. The maximum atomic E-state index is 12.2. The van der Waals surface area contributed by atoms with Gasteiger partial charge in [-0.15, -0.1) is 0 Å². The summed E-state index contributed by atoms with van der Waals surface area (Å²) in [5.74, 6) is 0.909. The van der Waals surface area contributed by atoms with Crippen molar-refractivity contribution in [1.82, 2.24) is 10.6 Å². The van der Waals surface area contributed by atoms with E-state index >= 15 is 0 Å². The molecule has 1 aliphatic rings. The van der Waals surface area contributed by atoms with Crippen molar-refractivity contribution in [2.45, 2.75) is 25.7 Å². The average Bonchev–Trinajstić information content (AvgIpc) is 3.52. The van der Waals surface area contributed by atoms with Crippen LogP contribution in [-0.2, 0) is 6.42 Å². The van der Waals surface area contributed by atoms with Gasteiger partial charge in [0.05, 0.1) is 7.11 Å². The molecule has 0 atom stereocenters. The van der Waals surface area contributed by atoms with Gasteiger partial charge >= 0.3 is 6.03 Å². The molecule has 3 rings (SSSR count). The van der Waals surface area contributed by atoms with Gasteiger partial charge in [0.2, 0.25) is 0 Å². The van der Waals surface area contributed by atoms with Gasteiger partial charge in [0.15, 0.2) is 5.78 Å². The molecule has 28 heavy (non-hydrogen) atoms. The predicted molar refractivity (Wildman–Crippen MR) is 106 cm³/mol. The molecule has 3 amide bonds. The second-order valence-corrected chi connectivity index (χ2v) is 6.96. The van der Waals surface area contributed by atoms with E-state index in [-0.39, 0.29) is 5.78 Å². The monoisotopic (exact) mass is 380 g/mol. The van der Waals surface area contributed by atoms with Crippen LogP contribution in [-0.4, -0.2) is 31.4 Å². The van der Waals surface area contributed by atoms with E-state index in [1.54, 1.807) is 31.4 Å². The number of Topliss-reactive ketones (excluding diaryl/α,β-unsaturated/α-hetero) is 1. The zero-order valence-corrected chi connectivity index (χ0v) is 15.9. The van der Waals surface area contributed by atoms with Crippen molar-refractivity contribution in [2.24, 2.45) is 5.92 Å². The number of urea groups is 1. The van der Waals surface area contributed by atoms with E-state index in [4.69, 9.17) is 4.74 Å². The fraction of sp³-hybridized carbons (Fsp3) is 0.318. The number of benzene rings is 2. The van der Waals surface area contributed by atoms with Crippen LogP contribution < -0.4 is 15.4 Å². The number of ether oxygens (including phenoxy) is 1. The molecular formula is C22H24N2O4. The van der Waals surface area contributed by atoms with E-state index in [2.05, 4.69) is 10.6 Å². The van der Waals surface area contributed by atoms with Crippen molar-refractivity contribution >= 4 is 17.7 Å². The first kappa shape index (κ1) is 19.6. The smallest absolute Gasteiger partial charge is 0.321 e. The molecule has 0 aliphatic heterocycles. The predicted octanol–water partition coefficient (Wildman–Crippen LogP) is 3.36. The molecular weight excluding hydrogens is 356 g/mol. The summed E-state index contributed by atoms with van der Waals surface area (Å²) >= 11 is 0. The Labute approximate surface area is 164 Å². The number of nitrogens with one attached hydrogen (secondary N) is 2. The minimum absolute atomic E-state index is 0.103. The highest BCUT2D eigenvalue weighted by Crippen LogP contribution is 2.33.